The number of allylic oxidation sites excluding steroid dienone is 2. The molecule has 2 N–H and O–H groups in total. The number of hydrogen-bond donors (Lipinski definition) is 2. The maximum Gasteiger partial charge on any atom is 0.241 e. The van der Waals surface area contributed by atoms with Crippen LogP contribution in [0.3, 0.4) is 0 Å². The standard InChI is InChI=1S/C23H29N5O3/c1-27(2)18(29)14-26-23(25-13-15-6-4-3-5-7-15)24-10-11-28-21(30)19-16-8-9-17(12-16)20(19)22(28)31/h3-9,16-17,19-20H,10-14H2,1-2H3,(H2,24,25,26). The quantitative estimate of drug-likeness (QED) is 0.290. The van der Waals surface area contributed by atoms with Crippen molar-refractivity contribution in [2.24, 2.45) is 28.7 Å². The fraction of sp³-hybridized carbons (Fsp3) is 0.478. The summed E-state index contributed by atoms with van der Waals surface area (Å²) in [4.78, 5) is 45.0. The van der Waals surface area contributed by atoms with Gasteiger partial charge in [0.2, 0.25) is 17.7 Å². The number of likely N-dealkylation sites (tertiary alicyclic amines) is 1. The van der Waals surface area contributed by atoms with E-state index in [1.807, 2.05) is 30.3 Å². The van der Waals surface area contributed by atoms with E-state index in [4.69, 9.17) is 0 Å². The van der Waals surface area contributed by atoms with Gasteiger partial charge in [0.1, 0.15) is 0 Å². The minimum atomic E-state index is -0.176. The van der Waals surface area contributed by atoms with Crippen molar-refractivity contribution in [3.8, 4) is 0 Å². The Labute approximate surface area is 182 Å². The summed E-state index contributed by atoms with van der Waals surface area (Å²) in [5, 5.41) is 6.19. The first-order valence-corrected chi connectivity index (χ1v) is 10.8. The van der Waals surface area contributed by atoms with Crippen molar-refractivity contribution >= 4 is 23.7 Å². The minimum absolute atomic E-state index is 0.0489. The van der Waals surface area contributed by atoms with Crippen LogP contribution in [0, 0.1) is 23.7 Å². The number of rotatable bonds is 7. The SMILES string of the molecule is CN(C)C(=O)CNC(=NCc1ccccc1)NCCN1C(=O)C2C3C=CC(C3)C2C1=O. The highest BCUT2D eigenvalue weighted by Crippen LogP contribution is 2.52. The number of nitrogens with one attached hydrogen (secondary N) is 2. The van der Waals surface area contributed by atoms with E-state index in [2.05, 4.69) is 27.8 Å². The van der Waals surface area contributed by atoms with Crippen molar-refractivity contribution in [2.45, 2.75) is 13.0 Å². The largest absolute Gasteiger partial charge is 0.355 e. The van der Waals surface area contributed by atoms with Crippen LogP contribution in [0.25, 0.3) is 0 Å². The van der Waals surface area contributed by atoms with Crippen LogP contribution in [-0.4, -0.2) is 67.2 Å². The van der Waals surface area contributed by atoms with Crippen molar-refractivity contribution in [1.29, 1.82) is 0 Å². The molecule has 8 nitrogen and oxygen atoms in total. The van der Waals surface area contributed by atoms with Gasteiger partial charge < -0.3 is 15.5 Å². The third-order valence-corrected chi connectivity index (χ3v) is 6.36. The van der Waals surface area contributed by atoms with Gasteiger partial charge in [-0.25, -0.2) is 4.99 Å². The van der Waals surface area contributed by atoms with Gasteiger partial charge in [-0.3, -0.25) is 19.3 Å². The predicted octanol–water partition coefficient (Wildman–Crippen LogP) is 0.617. The van der Waals surface area contributed by atoms with Gasteiger partial charge in [-0.1, -0.05) is 42.5 Å². The van der Waals surface area contributed by atoms with Crippen molar-refractivity contribution in [3.05, 3.63) is 48.0 Å². The summed E-state index contributed by atoms with van der Waals surface area (Å²) in [7, 11) is 3.39. The molecule has 1 aromatic carbocycles. The summed E-state index contributed by atoms with van der Waals surface area (Å²) in [6.45, 7) is 1.22. The lowest BCUT2D eigenvalue weighted by Crippen LogP contribution is -2.46. The lowest BCUT2D eigenvalue weighted by atomic mass is 9.85. The molecular formula is C23H29N5O3. The number of benzene rings is 1. The molecule has 0 spiro atoms. The molecule has 3 aliphatic rings. The molecule has 31 heavy (non-hydrogen) atoms. The summed E-state index contributed by atoms with van der Waals surface area (Å²) in [6.07, 6.45) is 5.12. The summed E-state index contributed by atoms with van der Waals surface area (Å²) >= 11 is 0. The second-order valence-corrected chi connectivity index (χ2v) is 8.55. The molecule has 0 radical (unpaired) electrons. The van der Waals surface area contributed by atoms with Crippen LogP contribution in [0.1, 0.15) is 12.0 Å². The Morgan fingerprint density at radius 3 is 2.32 bits per heavy atom. The lowest BCUT2D eigenvalue weighted by Gasteiger charge is -2.19. The molecule has 1 aliphatic heterocycles. The molecule has 8 heteroatoms. The van der Waals surface area contributed by atoms with Gasteiger partial charge in [-0.05, 0) is 23.8 Å². The van der Waals surface area contributed by atoms with Gasteiger partial charge in [0.15, 0.2) is 5.96 Å². The summed E-state index contributed by atoms with van der Waals surface area (Å²) in [5.41, 5.74) is 1.04. The van der Waals surface area contributed by atoms with E-state index in [0.29, 0.717) is 19.0 Å². The monoisotopic (exact) mass is 423 g/mol. The van der Waals surface area contributed by atoms with Crippen LogP contribution in [0.4, 0.5) is 0 Å². The van der Waals surface area contributed by atoms with Gasteiger partial charge in [-0.15, -0.1) is 0 Å². The summed E-state index contributed by atoms with van der Waals surface area (Å²) in [6, 6.07) is 9.81. The van der Waals surface area contributed by atoms with Crippen LogP contribution in [0.15, 0.2) is 47.5 Å². The van der Waals surface area contributed by atoms with E-state index < -0.39 is 0 Å². The molecule has 4 rings (SSSR count). The van der Waals surface area contributed by atoms with Gasteiger partial charge in [0, 0.05) is 27.2 Å². The highest BCUT2D eigenvalue weighted by Gasteiger charge is 2.58. The van der Waals surface area contributed by atoms with E-state index in [1.165, 1.54) is 9.80 Å². The van der Waals surface area contributed by atoms with E-state index in [9.17, 15) is 14.4 Å². The number of carbonyl (C=O) groups is 3. The van der Waals surface area contributed by atoms with E-state index in [-0.39, 0.29) is 54.5 Å². The number of fused-ring (bicyclic) bond motifs is 5. The van der Waals surface area contributed by atoms with Crippen LogP contribution in [0.2, 0.25) is 0 Å². The highest BCUT2D eigenvalue weighted by molar-refractivity contribution is 6.06. The second-order valence-electron chi connectivity index (χ2n) is 8.55. The zero-order chi connectivity index (χ0) is 22.0. The van der Waals surface area contributed by atoms with E-state index in [0.717, 1.165) is 12.0 Å². The Morgan fingerprint density at radius 2 is 1.71 bits per heavy atom. The van der Waals surface area contributed by atoms with Crippen LogP contribution < -0.4 is 10.6 Å². The molecule has 4 atom stereocenters. The molecule has 1 saturated heterocycles. The summed E-state index contributed by atoms with van der Waals surface area (Å²) < 4.78 is 0. The molecular weight excluding hydrogens is 394 g/mol. The van der Waals surface area contributed by atoms with E-state index >= 15 is 0 Å². The molecule has 4 unspecified atom stereocenters. The lowest BCUT2D eigenvalue weighted by molar-refractivity contribution is -0.140. The van der Waals surface area contributed by atoms with Gasteiger partial charge >= 0.3 is 0 Å². The predicted molar refractivity (Wildman–Crippen MR) is 117 cm³/mol. The van der Waals surface area contributed by atoms with Gasteiger partial charge in [-0.2, -0.15) is 0 Å². The number of aliphatic imine (C=N–C) groups is 1. The number of carbonyl (C=O) groups excluding carboxylic acids is 3. The fourth-order valence-corrected chi connectivity index (χ4v) is 4.72. The Bertz CT molecular complexity index is 881. The zero-order valence-electron chi connectivity index (χ0n) is 18.0. The first-order chi connectivity index (χ1) is 15.0. The summed E-state index contributed by atoms with van der Waals surface area (Å²) in [5.74, 6) is 0.376. The normalized spacial score (nSPS) is 26.4. The zero-order valence-corrected chi connectivity index (χ0v) is 18.0. The highest BCUT2D eigenvalue weighted by atomic mass is 16.2. The molecule has 3 amide bonds. The molecule has 1 heterocycles. The molecule has 1 saturated carbocycles. The van der Waals surface area contributed by atoms with Gasteiger partial charge in [0.05, 0.1) is 24.9 Å². The maximum atomic E-state index is 12.8. The molecule has 0 aromatic heterocycles. The third-order valence-electron chi connectivity index (χ3n) is 6.36. The van der Waals surface area contributed by atoms with Crippen LogP contribution in [0.5, 0.6) is 0 Å². The molecule has 2 aliphatic carbocycles. The Kier molecular flexibility index (Phi) is 6.06. The molecule has 2 fully saturated rings. The number of guanidine groups is 1. The number of hydrogen-bond acceptors (Lipinski definition) is 4. The minimum Gasteiger partial charge on any atom is -0.355 e. The van der Waals surface area contributed by atoms with Crippen LogP contribution >= 0.6 is 0 Å². The molecule has 2 bridgehead atoms. The number of nitrogens with zero attached hydrogens (tertiary/aromatic N) is 3. The number of imide groups is 1. The maximum absolute atomic E-state index is 12.8. The van der Waals surface area contributed by atoms with Crippen LogP contribution in [-0.2, 0) is 20.9 Å². The van der Waals surface area contributed by atoms with Crippen molar-refractivity contribution in [3.63, 3.8) is 0 Å². The topological polar surface area (TPSA) is 94.1 Å². The average molecular weight is 424 g/mol. The number of amides is 3. The molecule has 164 valence electrons. The second kappa shape index (κ2) is 8.91. The first-order valence-electron chi connectivity index (χ1n) is 10.8. The Hall–Kier alpha value is -3.16. The Balaban J connectivity index is 1.35. The number of likely N-dealkylation sites (N-methyl/N-ethyl adjacent to an activating group) is 1. The van der Waals surface area contributed by atoms with Crippen molar-refractivity contribution in [2.75, 3.05) is 33.7 Å². The Morgan fingerprint density at radius 1 is 1.06 bits per heavy atom. The molecule has 1 aromatic rings. The smallest absolute Gasteiger partial charge is 0.241 e. The van der Waals surface area contributed by atoms with Crippen molar-refractivity contribution < 1.29 is 14.4 Å². The third kappa shape index (κ3) is 4.33. The average Bonchev–Trinajstić information content (AvgIpc) is 3.45. The first kappa shape index (κ1) is 21.1. The van der Waals surface area contributed by atoms with Gasteiger partial charge in [0.25, 0.3) is 0 Å². The van der Waals surface area contributed by atoms with Crippen molar-refractivity contribution in [1.82, 2.24) is 20.4 Å². The van der Waals surface area contributed by atoms with E-state index in [1.54, 1.807) is 14.1 Å². The fourth-order valence-electron chi connectivity index (χ4n) is 4.72.